The molecule has 1 amide bonds. The summed E-state index contributed by atoms with van der Waals surface area (Å²) in [7, 11) is 0. The van der Waals surface area contributed by atoms with Gasteiger partial charge < -0.3 is 14.8 Å². The zero-order chi connectivity index (χ0) is 17.4. The first-order valence-electron chi connectivity index (χ1n) is 8.04. The molecule has 0 aliphatic carbocycles. The number of carbonyl (C=O) groups excluding carboxylic acids is 1. The molecule has 2 rings (SSSR count). The fourth-order valence-corrected chi connectivity index (χ4v) is 2.37. The van der Waals surface area contributed by atoms with Gasteiger partial charge in [-0.25, -0.2) is 0 Å². The topological polar surface area (TPSA) is 47.6 Å². The maximum absolute atomic E-state index is 12.3. The Bertz CT molecular complexity index is 658. The molecule has 0 bridgehead atoms. The largest absolute Gasteiger partial charge is 0.494 e. The monoisotopic (exact) mass is 347 g/mol. The van der Waals surface area contributed by atoms with Crippen LogP contribution in [0.25, 0.3) is 0 Å². The Kier molecular flexibility index (Phi) is 6.94. The maximum atomic E-state index is 12.3. The summed E-state index contributed by atoms with van der Waals surface area (Å²) < 4.78 is 11.1. The van der Waals surface area contributed by atoms with Gasteiger partial charge in [0.25, 0.3) is 5.91 Å². The van der Waals surface area contributed by atoms with E-state index >= 15 is 0 Å². The number of hydrogen-bond donors (Lipinski definition) is 1. The molecule has 0 spiro atoms. The molecule has 1 atom stereocenters. The molecule has 0 heterocycles. The summed E-state index contributed by atoms with van der Waals surface area (Å²) in [5.41, 5.74) is 0.999. The smallest absolute Gasteiger partial charge is 0.261 e. The first-order valence-corrected chi connectivity index (χ1v) is 8.42. The third-order valence-electron chi connectivity index (χ3n) is 3.47. The standard InChI is InChI=1S/C19H22ClNO3/c1-3-17(24-18-8-6-5-7-16(18)20)19(22)21-13-14-9-11-15(12-10-14)23-4-2/h5-12,17H,3-4,13H2,1-2H3,(H,21,22)/t17-/m0/s1. The Morgan fingerprint density at radius 1 is 1.12 bits per heavy atom. The lowest BCUT2D eigenvalue weighted by atomic mass is 10.2. The summed E-state index contributed by atoms with van der Waals surface area (Å²) in [6, 6.07) is 14.8. The van der Waals surface area contributed by atoms with Crippen molar-refractivity contribution in [1.82, 2.24) is 5.32 Å². The number of ether oxygens (including phenoxy) is 2. The first kappa shape index (κ1) is 18.1. The quantitative estimate of drug-likeness (QED) is 0.778. The van der Waals surface area contributed by atoms with Crippen molar-refractivity contribution in [2.24, 2.45) is 0 Å². The maximum Gasteiger partial charge on any atom is 0.261 e. The van der Waals surface area contributed by atoms with E-state index in [9.17, 15) is 4.79 Å². The van der Waals surface area contributed by atoms with Gasteiger partial charge in [0, 0.05) is 6.54 Å². The highest BCUT2D eigenvalue weighted by Crippen LogP contribution is 2.24. The lowest BCUT2D eigenvalue weighted by Gasteiger charge is -2.18. The summed E-state index contributed by atoms with van der Waals surface area (Å²) in [6.07, 6.45) is -0.0204. The molecule has 24 heavy (non-hydrogen) atoms. The SMILES string of the molecule is CCOc1ccc(CNC(=O)[C@H](CC)Oc2ccccc2Cl)cc1. The van der Waals surface area contributed by atoms with Crippen LogP contribution in [0.5, 0.6) is 11.5 Å². The van der Waals surface area contributed by atoms with Crippen LogP contribution in [0.1, 0.15) is 25.8 Å². The summed E-state index contributed by atoms with van der Waals surface area (Å²) in [5, 5.41) is 3.39. The summed E-state index contributed by atoms with van der Waals surface area (Å²) in [4.78, 5) is 12.3. The van der Waals surface area contributed by atoms with Gasteiger partial charge in [0.1, 0.15) is 11.5 Å². The average molecular weight is 348 g/mol. The minimum absolute atomic E-state index is 0.161. The van der Waals surface area contributed by atoms with Crippen LogP contribution in [0.2, 0.25) is 5.02 Å². The van der Waals surface area contributed by atoms with Gasteiger partial charge in [0.2, 0.25) is 0 Å². The highest BCUT2D eigenvalue weighted by molar-refractivity contribution is 6.32. The van der Waals surface area contributed by atoms with Crippen LogP contribution in [0.4, 0.5) is 0 Å². The number of carbonyl (C=O) groups is 1. The molecule has 0 fully saturated rings. The molecule has 5 heteroatoms. The fourth-order valence-electron chi connectivity index (χ4n) is 2.19. The van der Waals surface area contributed by atoms with Crippen molar-refractivity contribution in [3.05, 3.63) is 59.1 Å². The second kappa shape index (κ2) is 9.18. The van der Waals surface area contributed by atoms with E-state index in [1.54, 1.807) is 12.1 Å². The lowest BCUT2D eigenvalue weighted by Crippen LogP contribution is -2.37. The van der Waals surface area contributed by atoms with E-state index in [2.05, 4.69) is 5.32 Å². The Morgan fingerprint density at radius 3 is 2.46 bits per heavy atom. The van der Waals surface area contributed by atoms with E-state index in [1.165, 1.54) is 0 Å². The lowest BCUT2D eigenvalue weighted by molar-refractivity contribution is -0.128. The van der Waals surface area contributed by atoms with Crippen molar-refractivity contribution in [3.63, 3.8) is 0 Å². The molecule has 4 nitrogen and oxygen atoms in total. The van der Waals surface area contributed by atoms with E-state index in [0.717, 1.165) is 11.3 Å². The van der Waals surface area contributed by atoms with Crippen LogP contribution in [0, 0.1) is 0 Å². The predicted molar refractivity (Wildman–Crippen MR) is 95.6 cm³/mol. The van der Waals surface area contributed by atoms with Gasteiger partial charge in [0.15, 0.2) is 6.10 Å². The number of benzene rings is 2. The van der Waals surface area contributed by atoms with E-state index in [4.69, 9.17) is 21.1 Å². The molecule has 0 aromatic heterocycles. The molecular weight excluding hydrogens is 326 g/mol. The number of amides is 1. The predicted octanol–water partition coefficient (Wildman–Crippen LogP) is 4.21. The van der Waals surface area contributed by atoms with Gasteiger partial charge in [0.05, 0.1) is 11.6 Å². The van der Waals surface area contributed by atoms with Gasteiger partial charge in [-0.2, -0.15) is 0 Å². The average Bonchev–Trinajstić information content (AvgIpc) is 2.60. The van der Waals surface area contributed by atoms with Crippen molar-refractivity contribution in [2.45, 2.75) is 32.9 Å². The molecule has 128 valence electrons. The number of hydrogen-bond acceptors (Lipinski definition) is 3. The van der Waals surface area contributed by atoms with Gasteiger partial charge in [-0.05, 0) is 43.2 Å². The number of rotatable bonds is 8. The zero-order valence-electron chi connectivity index (χ0n) is 13.9. The van der Waals surface area contributed by atoms with Gasteiger partial charge in [-0.1, -0.05) is 42.8 Å². The minimum atomic E-state index is -0.576. The summed E-state index contributed by atoms with van der Waals surface area (Å²) in [6.45, 7) is 4.91. The molecular formula is C19H22ClNO3. The molecule has 2 aromatic carbocycles. The van der Waals surface area contributed by atoms with Crippen molar-refractivity contribution < 1.29 is 14.3 Å². The van der Waals surface area contributed by atoms with Crippen LogP contribution in [0.3, 0.4) is 0 Å². The second-order valence-corrected chi connectivity index (χ2v) is 5.65. The molecule has 0 unspecified atom stereocenters. The van der Waals surface area contributed by atoms with Gasteiger partial charge >= 0.3 is 0 Å². The van der Waals surface area contributed by atoms with Crippen molar-refractivity contribution in [1.29, 1.82) is 0 Å². The van der Waals surface area contributed by atoms with Crippen LogP contribution in [-0.2, 0) is 11.3 Å². The molecule has 0 saturated heterocycles. The van der Waals surface area contributed by atoms with E-state index in [1.807, 2.05) is 50.2 Å². The van der Waals surface area contributed by atoms with Crippen LogP contribution < -0.4 is 14.8 Å². The van der Waals surface area contributed by atoms with Crippen LogP contribution >= 0.6 is 11.6 Å². The molecule has 0 aliphatic heterocycles. The van der Waals surface area contributed by atoms with E-state index < -0.39 is 6.10 Å². The molecule has 0 radical (unpaired) electrons. The molecule has 2 aromatic rings. The van der Waals surface area contributed by atoms with Gasteiger partial charge in [-0.15, -0.1) is 0 Å². The Balaban J connectivity index is 1.91. The Labute approximate surface area is 147 Å². The van der Waals surface area contributed by atoms with Crippen molar-refractivity contribution >= 4 is 17.5 Å². The molecule has 1 N–H and O–H groups in total. The zero-order valence-corrected chi connectivity index (χ0v) is 14.7. The first-order chi connectivity index (χ1) is 11.6. The van der Waals surface area contributed by atoms with E-state index in [-0.39, 0.29) is 5.91 Å². The van der Waals surface area contributed by atoms with Crippen LogP contribution in [-0.4, -0.2) is 18.6 Å². The third-order valence-corrected chi connectivity index (χ3v) is 3.78. The fraction of sp³-hybridized carbons (Fsp3) is 0.316. The third kappa shape index (κ3) is 5.17. The van der Waals surface area contributed by atoms with E-state index in [0.29, 0.717) is 30.3 Å². The number of halogens is 1. The highest BCUT2D eigenvalue weighted by atomic mass is 35.5. The normalized spacial score (nSPS) is 11.6. The number of nitrogens with one attached hydrogen (secondary N) is 1. The molecule has 0 aliphatic rings. The Hall–Kier alpha value is -2.20. The van der Waals surface area contributed by atoms with Crippen molar-refractivity contribution in [3.8, 4) is 11.5 Å². The highest BCUT2D eigenvalue weighted by Gasteiger charge is 2.19. The second-order valence-electron chi connectivity index (χ2n) is 5.24. The van der Waals surface area contributed by atoms with Gasteiger partial charge in [-0.3, -0.25) is 4.79 Å². The van der Waals surface area contributed by atoms with Crippen molar-refractivity contribution in [2.75, 3.05) is 6.61 Å². The number of para-hydroxylation sites is 1. The van der Waals surface area contributed by atoms with Crippen LogP contribution in [0.15, 0.2) is 48.5 Å². The minimum Gasteiger partial charge on any atom is -0.494 e. The summed E-state index contributed by atoms with van der Waals surface area (Å²) in [5.74, 6) is 1.18. The Morgan fingerprint density at radius 2 is 1.83 bits per heavy atom. The summed E-state index contributed by atoms with van der Waals surface area (Å²) >= 11 is 6.07. The molecule has 0 saturated carbocycles.